The molecule has 1 amide bonds. The highest BCUT2D eigenvalue weighted by atomic mass is 35.5. The standard InChI is InChI=1S/C20H29ClN2O3/c1-5-17(23(6-2)10-8-9-11-23)19(24)22-18-14(4)12-15(21)13-16(18)20(25)26-7-3/h12-13,17H,5-11H2,1-4H3/p+1. The van der Waals surface area contributed by atoms with E-state index in [9.17, 15) is 9.59 Å². The first-order valence-electron chi connectivity index (χ1n) is 9.52. The Kier molecular flexibility index (Phi) is 7.07. The second-order valence-electron chi connectivity index (χ2n) is 6.97. The molecule has 1 aromatic rings. The maximum absolute atomic E-state index is 13.2. The highest BCUT2D eigenvalue weighted by molar-refractivity contribution is 6.31. The summed E-state index contributed by atoms with van der Waals surface area (Å²) < 4.78 is 5.96. The second-order valence-corrected chi connectivity index (χ2v) is 7.40. The van der Waals surface area contributed by atoms with E-state index in [-0.39, 0.29) is 18.6 Å². The van der Waals surface area contributed by atoms with E-state index in [4.69, 9.17) is 16.3 Å². The van der Waals surface area contributed by atoms with E-state index in [1.54, 1.807) is 19.1 Å². The topological polar surface area (TPSA) is 55.4 Å². The molecule has 1 saturated heterocycles. The van der Waals surface area contributed by atoms with Gasteiger partial charge in [-0.05, 0) is 38.5 Å². The molecule has 6 heteroatoms. The zero-order valence-electron chi connectivity index (χ0n) is 16.2. The third-order valence-corrected chi connectivity index (χ3v) is 5.70. The van der Waals surface area contributed by atoms with Gasteiger partial charge in [-0.2, -0.15) is 0 Å². The van der Waals surface area contributed by atoms with Gasteiger partial charge in [0.15, 0.2) is 6.04 Å². The molecule has 1 aliphatic rings. The van der Waals surface area contributed by atoms with Crippen LogP contribution in [0.4, 0.5) is 5.69 Å². The van der Waals surface area contributed by atoms with Crippen molar-refractivity contribution in [3.8, 4) is 0 Å². The predicted molar refractivity (Wildman–Crippen MR) is 105 cm³/mol. The molecule has 0 bridgehead atoms. The minimum atomic E-state index is -0.470. The maximum atomic E-state index is 13.2. The van der Waals surface area contributed by atoms with Gasteiger partial charge in [-0.3, -0.25) is 4.79 Å². The first kappa shape index (κ1) is 20.7. The Morgan fingerprint density at radius 2 is 1.88 bits per heavy atom. The Balaban J connectivity index is 2.34. The number of nitrogens with one attached hydrogen (secondary N) is 1. The van der Waals surface area contributed by atoms with E-state index < -0.39 is 5.97 Å². The van der Waals surface area contributed by atoms with Crippen molar-refractivity contribution in [2.75, 3.05) is 31.6 Å². The van der Waals surface area contributed by atoms with Gasteiger partial charge in [0, 0.05) is 24.3 Å². The van der Waals surface area contributed by atoms with Crippen molar-refractivity contribution < 1.29 is 18.8 Å². The Morgan fingerprint density at radius 1 is 1.23 bits per heavy atom. The zero-order chi connectivity index (χ0) is 19.3. The summed E-state index contributed by atoms with van der Waals surface area (Å²) in [5.41, 5.74) is 1.57. The minimum Gasteiger partial charge on any atom is -0.462 e. The van der Waals surface area contributed by atoms with Crippen molar-refractivity contribution in [3.05, 3.63) is 28.3 Å². The molecule has 0 aromatic heterocycles. The molecule has 2 rings (SSSR count). The molecular formula is C20H30ClN2O3+. The maximum Gasteiger partial charge on any atom is 0.340 e. The molecule has 26 heavy (non-hydrogen) atoms. The average Bonchev–Trinajstić information content (AvgIpc) is 3.07. The van der Waals surface area contributed by atoms with E-state index in [0.29, 0.717) is 16.3 Å². The van der Waals surface area contributed by atoms with Gasteiger partial charge < -0.3 is 14.5 Å². The van der Waals surface area contributed by atoms with E-state index in [1.807, 2.05) is 6.92 Å². The summed E-state index contributed by atoms with van der Waals surface area (Å²) in [5, 5.41) is 3.47. The van der Waals surface area contributed by atoms with Gasteiger partial charge in [-0.1, -0.05) is 18.5 Å². The Labute approximate surface area is 161 Å². The van der Waals surface area contributed by atoms with E-state index in [0.717, 1.165) is 48.9 Å². The van der Waals surface area contributed by atoms with E-state index in [1.165, 1.54) is 0 Å². The Bertz CT molecular complexity index is 669. The van der Waals surface area contributed by atoms with Crippen LogP contribution in [0.1, 0.15) is 56.0 Å². The van der Waals surface area contributed by atoms with Gasteiger partial charge in [0.05, 0.1) is 37.5 Å². The number of carbonyl (C=O) groups excluding carboxylic acids is 2. The molecule has 0 saturated carbocycles. The number of nitrogens with zero attached hydrogens (tertiary/aromatic N) is 1. The Morgan fingerprint density at radius 3 is 2.42 bits per heavy atom. The monoisotopic (exact) mass is 381 g/mol. The number of benzene rings is 1. The van der Waals surface area contributed by atoms with E-state index in [2.05, 4.69) is 19.2 Å². The molecule has 1 atom stereocenters. The van der Waals surface area contributed by atoms with Gasteiger partial charge >= 0.3 is 5.97 Å². The number of likely N-dealkylation sites (N-methyl/N-ethyl adjacent to an activating group) is 1. The summed E-state index contributed by atoms with van der Waals surface area (Å²) in [6.45, 7) is 11.1. The molecule has 1 aromatic carbocycles. The molecule has 0 radical (unpaired) electrons. The smallest absolute Gasteiger partial charge is 0.340 e. The number of amides is 1. The predicted octanol–water partition coefficient (Wildman–Crippen LogP) is 4.17. The van der Waals surface area contributed by atoms with Crippen LogP contribution in [0.3, 0.4) is 0 Å². The number of rotatable bonds is 7. The third kappa shape index (κ3) is 4.21. The number of likely N-dealkylation sites (tertiary alicyclic amines) is 1. The number of halogens is 1. The number of carbonyl (C=O) groups is 2. The van der Waals surface area contributed by atoms with Crippen LogP contribution < -0.4 is 5.32 Å². The number of hydrogen-bond acceptors (Lipinski definition) is 3. The summed E-state index contributed by atoms with van der Waals surface area (Å²) in [5.74, 6) is -0.505. The number of quaternary nitrogens is 1. The van der Waals surface area contributed by atoms with Gasteiger partial charge in [-0.25, -0.2) is 4.79 Å². The fourth-order valence-electron chi connectivity index (χ4n) is 4.12. The fourth-order valence-corrected chi connectivity index (χ4v) is 4.39. The molecule has 5 nitrogen and oxygen atoms in total. The number of anilines is 1. The van der Waals surface area contributed by atoms with Crippen molar-refractivity contribution in [1.82, 2.24) is 0 Å². The van der Waals surface area contributed by atoms with E-state index >= 15 is 0 Å². The molecule has 1 N–H and O–H groups in total. The second kappa shape index (κ2) is 8.87. The average molecular weight is 382 g/mol. The third-order valence-electron chi connectivity index (χ3n) is 5.48. The molecular weight excluding hydrogens is 352 g/mol. The lowest BCUT2D eigenvalue weighted by atomic mass is 10.1. The first-order chi connectivity index (χ1) is 12.4. The largest absolute Gasteiger partial charge is 0.462 e. The molecule has 1 unspecified atom stereocenters. The molecule has 0 spiro atoms. The van der Waals surface area contributed by atoms with Crippen molar-refractivity contribution in [2.45, 2.75) is 53.0 Å². The molecule has 1 heterocycles. The number of aryl methyl sites for hydroxylation is 1. The summed E-state index contributed by atoms with van der Waals surface area (Å²) >= 11 is 6.12. The highest BCUT2D eigenvalue weighted by Gasteiger charge is 2.42. The van der Waals surface area contributed by atoms with Crippen LogP contribution in [0, 0.1) is 6.92 Å². The molecule has 1 fully saturated rings. The lowest BCUT2D eigenvalue weighted by molar-refractivity contribution is -0.930. The quantitative estimate of drug-likeness (QED) is 0.569. The summed E-state index contributed by atoms with van der Waals surface area (Å²) in [4.78, 5) is 25.5. The summed E-state index contributed by atoms with van der Waals surface area (Å²) in [6, 6.07) is 3.19. The van der Waals surface area contributed by atoms with Crippen LogP contribution in [0.15, 0.2) is 12.1 Å². The van der Waals surface area contributed by atoms with Crippen LogP contribution in [-0.2, 0) is 9.53 Å². The van der Waals surface area contributed by atoms with Crippen molar-refractivity contribution in [1.29, 1.82) is 0 Å². The normalized spacial score (nSPS) is 17.0. The molecule has 0 aliphatic carbocycles. The van der Waals surface area contributed by atoms with Crippen LogP contribution in [0.2, 0.25) is 5.02 Å². The molecule has 1 aliphatic heterocycles. The van der Waals surface area contributed by atoms with Crippen LogP contribution in [-0.4, -0.2) is 48.6 Å². The lowest BCUT2D eigenvalue weighted by Gasteiger charge is -2.39. The van der Waals surface area contributed by atoms with Crippen molar-refractivity contribution >= 4 is 29.2 Å². The number of esters is 1. The highest BCUT2D eigenvalue weighted by Crippen LogP contribution is 2.30. The fraction of sp³-hybridized carbons (Fsp3) is 0.600. The first-order valence-corrected chi connectivity index (χ1v) is 9.90. The summed E-state index contributed by atoms with van der Waals surface area (Å²) in [7, 11) is 0. The van der Waals surface area contributed by atoms with Crippen LogP contribution in [0.5, 0.6) is 0 Å². The Hall–Kier alpha value is -1.59. The molecule has 144 valence electrons. The lowest BCUT2D eigenvalue weighted by Crippen LogP contribution is -2.57. The van der Waals surface area contributed by atoms with Gasteiger partial charge in [0.2, 0.25) is 0 Å². The van der Waals surface area contributed by atoms with Crippen molar-refractivity contribution in [2.24, 2.45) is 0 Å². The van der Waals surface area contributed by atoms with Gasteiger partial charge in [0.1, 0.15) is 0 Å². The minimum absolute atomic E-state index is 0.0350. The van der Waals surface area contributed by atoms with Gasteiger partial charge in [0.25, 0.3) is 5.91 Å². The van der Waals surface area contributed by atoms with Crippen molar-refractivity contribution in [3.63, 3.8) is 0 Å². The SMILES string of the molecule is CCOC(=O)c1cc(Cl)cc(C)c1NC(=O)C(CC)[N+]1(CC)CCCC1. The zero-order valence-corrected chi connectivity index (χ0v) is 17.0. The number of ether oxygens (including phenoxy) is 1. The van der Waals surface area contributed by atoms with Gasteiger partial charge in [-0.15, -0.1) is 0 Å². The van der Waals surface area contributed by atoms with Crippen LogP contribution in [0.25, 0.3) is 0 Å². The summed E-state index contributed by atoms with van der Waals surface area (Å²) in [6.07, 6.45) is 3.08. The number of hydrogen-bond donors (Lipinski definition) is 1. The van der Waals surface area contributed by atoms with Crippen LogP contribution >= 0.6 is 11.6 Å².